The maximum Gasteiger partial charge on any atom is 0.276 e. The number of nitrogens with zero attached hydrogens (tertiary/aromatic N) is 1. The zero-order chi connectivity index (χ0) is 13.0. The summed E-state index contributed by atoms with van der Waals surface area (Å²) in [5.41, 5.74) is 0.846. The summed E-state index contributed by atoms with van der Waals surface area (Å²) in [7, 11) is -3.63. The summed E-state index contributed by atoms with van der Waals surface area (Å²) >= 11 is 7.20. The molecule has 0 aliphatic carbocycles. The molecule has 94 valence electrons. The van der Waals surface area contributed by atoms with Crippen LogP contribution in [0.3, 0.4) is 0 Å². The van der Waals surface area contributed by atoms with Crippen molar-refractivity contribution in [2.24, 2.45) is 5.10 Å². The second-order valence-corrected chi connectivity index (χ2v) is 6.24. The van der Waals surface area contributed by atoms with Crippen LogP contribution in [-0.2, 0) is 10.0 Å². The van der Waals surface area contributed by atoms with Crippen molar-refractivity contribution in [1.29, 1.82) is 0 Å². The number of thiophene rings is 1. The maximum absolute atomic E-state index is 11.8. The Morgan fingerprint density at radius 1 is 1.22 bits per heavy atom. The number of hydrogen-bond donors (Lipinski definition) is 1. The largest absolute Gasteiger partial charge is 0.276 e. The Kier molecular flexibility index (Phi) is 4.00. The van der Waals surface area contributed by atoms with Crippen LogP contribution < -0.4 is 4.83 Å². The smallest absolute Gasteiger partial charge is 0.200 e. The van der Waals surface area contributed by atoms with Crippen LogP contribution >= 0.6 is 22.9 Å². The quantitative estimate of drug-likeness (QED) is 0.697. The van der Waals surface area contributed by atoms with Crippen molar-refractivity contribution >= 4 is 39.2 Å². The molecular weight excluding hydrogens is 292 g/mol. The first kappa shape index (κ1) is 13.1. The van der Waals surface area contributed by atoms with Gasteiger partial charge < -0.3 is 0 Å². The molecule has 0 saturated carbocycles. The third-order valence-corrected chi connectivity index (χ3v) is 4.25. The van der Waals surface area contributed by atoms with Gasteiger partial charge >= 0.3 is 0 Å². The fourth-order valence-electron chi connectivity index (χ4n) is 1.19. The summed E-state index contributed by atoms with van der Waals surface area (Å²) in [5, 5.41) is 7.92. The lowest BCUT2D eigenvalue weighted by molar-refractivity contribution is 0.584. The predicted molar refractivity (Wildman–Crippen MR) is 73.7 cm³/mol. The normalized spacial score (nSPS) is 11.8. The lowest BCUT2D eigenvalue weighted by Gasteiger charge is -2.02. The van der Waals surface area contributed by atoms with Crippen molar-refractivity contribution in [3.05, 3.63) is 51.7 Å². The summed E-state index contributed by atoms with van der Waals surface area (Å²) < 4.78 is 23.6. The van der Waals surface area contributed by atoms with Crippen LogP contribution in [0.25, 0.3) is 0 Å². The minimum atomic E-state index is -3.63. The van der Waals surface area contributed by atoms with E-state index >= 15 is 0 Å². The van der Waals surface area contributed by atoms with Crippen LogP contribution in [0.1, 0.15) is 5.56 Å². The van der Waals surface area contributed by atoms with Crippen LogP contribution in [0.5, 0.6) is 0 Å². The molecule has 0 unspecified atom stereocenters. The number of benzene rings is 1. The van der Waals surface area contributed by atoms with E-state index < -0.39 is 10.0 Å². The molecule has 1 N–H and O–H groups in total. The van der Waals surface area contributed by atoms with Crippen molar-refractivity contribution in [2.75, 3.05) is 0 Å². The molecule has 0 aliphatic heterocycles. The fraction of sp³-hybridized carbons (Fsp3) is 0. The summed E-state index contributed by atoms with van der Waals surface area (Å²) in [4.78, 5) is 2.26. The van der Waals surface area contributed by atoms with Gasteiger partial charge in [-0.2, -0.15) is 24.9 Å². The highest BCUT2D eigenvalue weighted by Crippen LogP contribution is 2.13. The average molecular weight is 301 g/mol. The van der Waals surface area contributed by atoms with Crippen molar-refractivity contribution in [2.45, 2.75) is 4.90 Å². The molecular formula is C11H9ClN2O2S2. The highest BCUT2D eigenvalue weighted by atomic mass is 35.5. The minimum Gasteiger partial charge on any atom is -0.200 e. The zero-order valence-electron chi connectivity index (χ0n) is 9.08. The molecule has 0 aliphatic rings. The average Bonchev–Trinajstić information content (AvgIpc) is 2.82. The molecule has 0 radical (unpaired) electrons. The van der Waals surface area contributed by atoms with Gasteiger partial charge in [-0.05, 0) is 41.1 Å². The first-order chi connectivity index (χ1) is 8.58. The van der Waals surface area contributed by atoms with Gasteiger partial charge in [-0.25, -0.2) is 4.83 Å². The highest BCUT2D eigenvalue weighted by Gasteiger charge is 2.11. The minimum absolute atomic E-state index is 0.120. The standard InChI is InChI=1S/C11H9ClN2O2S2/c12-10-1-3-11(4-2-10)18(15,16)14-13-7-9-5-6-17-8-9/h1-8,14H/b13-7-. The molecule has 0 bridgehead atoms. The van der Waals surface area contributed by atoms with Crippen molar-refractivity contribution in [1.82, 2.24) is 4.83 Å². The molecule has 0 saturated heterocycles. The Balaban J connectivity index is 2.10. The third-order valence-electron chi connectivity index (χ3n) is 2.05. The maximum atomic E-state index is 11.8. The Morgan fingerprint density at radius 2 is 1.94 bits per heavy atom. The molecule has 0 atom stereocenters. The van der Waals surface area contributed by atoms with Crippen molar-refractivity contribution in [3.8, 4) is 0 Å². The Bertz CT molecular complexity index is 634. The number of sulfonamides is 1. The van der Waals surface area contributed by atoms with Gasteiger partial charge in [-0.1, -0.05) is 11.6 Å². The van der Waals surface area contributed by atoms with E-state index in [1.165, 1.54) is 41.8 Å². The second kappa shape index (κ2) is 5.51. The van der Waals surface area contributed by atoms with Gasteiger partial charge in [-0.15, -0.1) is 0 Å². The monoisotopic (exact) mass is 300 g/mol. The number of nitrogens with one attached hydrogen (secondary N) is 1. The van der Waals surface area contributed by atoms with Crippen molar-refractivity contribution < 1.29 is 8.42 Å². The van der Waals surface area contributed by atoms with Crippen LogP contribution in [0.15, 0.2) is 51.1 Å². The summed E-state index contributed by atoms with van der Waals surface area (Å²) in [6, 6.07) is 7.71. The van der Waals surface area contributed by atoms with E-state index in [2.05, 4.69) is 9.93 Å². The van der Waals surface area contributed by atoms with E-state index in [1.807, 2.05) is 16.8 Å². The number of halogens is 1. The van der Waals surface area contributed by atoms with Gasteiger partial charge in [0.2, 0.25) is 0 Å². The molecule has 2 aromatic rings. The summed E-state index contributed by atoms with van der Waals surface area (Å²) in [6.45, 7) is 0. The number of rotatable bonds is 4. The van der Waals surface area contributed by atoms with E-state index in [1.54, 1.807) is 0 Å². The van der Waals surface area contributed by atoms with Gasteiger partial charge in [0, 0.05) is 10.6 Å². The SMILES string of the molecule is O=S(=O)(N/N=C\c1ccsc1)c1ccc(Cl)cc1. The highest BCUT2D eigenvalue weighted by molar-refractivity contribution is 7.89. The van der Waals surface area contributed by atoms with E-state index in [-0.39, 0.29) is 4.90 Å². The Labute approximate surface area is 114 Å². The van der Waals surface area contributed by atoms with E-state index in [0.717, 1.165) is 5.56 Å². The second-order valence-electron chi connectivity index (χ2n) is 3.36. The van der Waals surface area contributed by atoms with Crippen LogP contribution in [0.2, 0.25) is 5.02 Å². The summed E-state index contributed by atoms with van der Waals surface area (Å²) in [6.07, 6.45) is 1.45. The molecule has 0 amide bonds. The van der Waals surface area contributed by atoms with Gasteiger partial charge in [-0.3, -0.25) is 0 Å². The number of hydrazone groups is 1. The van der Waals surface area contributed by atoms with E-state index in [4.69, 9.17) is 11.6 Å². The zero-order valence-corrected chi connectivity index (χ0v) is 11.5. The van der Waals surface area contributed by atoms with E-state index in [0.29, 0.717) is 5.02 Å². The first-order valence-corrected chi connectivity index (χ1v) is 7.71. The molecule has 0 spiro atoms. The Morgan fingerprint density at radius 3 is 2.56 bits per heavy atom. The van der Waals surface area contributed by atoms with Gasteiger partial charge in [0.1, 0.15) is 0 Å². The van der Waals surface area contributed by atoms with Gasteiger partial charge in [0.15, 0.2) is 0 Å². The van der Waals surface area contributed by atoms with Crippen LogP contribution in [0, 0.1) is 0 Å². The van der Waals surface area contributed by atoms with Crippen LogP contribution in [0.4, 0.5) is 0 Å². The molecule has 4 nitrogen and oxygen atoms in total. The molecule has 7 heteroatoms. The van der Waals surface area contributed by atoms with E-state index in [9.17, 15) is 8.42 Å². The Hall–Kier alpha value is -1.37. The fourth-order valence-corrected chi connectivity index (χ4v) is 2.71. The third kappa shape index (κ3) is 3.32. The topological polar surface area (TPSA) is 58.5 Å². The molecule has 1 aromatic heterocycles. The number of hydrogen-bond acceptors (Lipinski definition) is 4. The predicted octanol–water partition coefficient (Wildman–Crippen LogP) is 2.71. The first-order valence-electron chi connectivity index (χ1n) is 4.90. The van der Waals surface area contributed by atoms with Crippen molar-refractivity contribution in [3.63, 3.8) is 0 Å². The molecule has 2 rings (SSSR count). The van der Waals surface area contributed by atoms with Crippen LogP contribution in [-0.4, -0.2) is 14.6 Å². The molecule has 1 aromatic carbocycles. The van der Waals surface area contributed by atoms with Gasteiger partial charge in [0.05, 0.1) is 11.1 Å². The summed E-state index contributed by atoms with van der Waals surface area (Å²) in [5.74, 6) is 0. The van der Waals surface area contributed by atoms with Gasteiger partial charge in [0.25, 0.3) is 10.0 Å². The molecule has 0 fully saturated rings. The lowest BCUT2D eigenvalue weighted by Crippen LogP contribution is -2.18. The lowest BCUT2D eigenvalue weighted by atomic mass is 10.4. The molecule has 1 heterocycles. The molecule has 18 heavy (non-hydrogen) atoms.